The highest BCUT2D eigenvalue weighted by Gasteiger charge is 2.12. The molecule has 1 heterocycles. The normalized spacial score (nSPS) is 10.9. The second-order valence-electron chi connectivity index (χ2n) is 4.98. The molecular formula is C15H15BN2O4. The minimum Gasteiger partial charge on any atom is -0.512 e. The highest BCUT2D eigenvalue weighted by molar-refractivity contribution is 6.33. The van der Waals surface area contributed by atoms with Gasteiger partial charge in [-0.2, -0.15) is 0 Å². The number of rotatable bonds is 4. The van der Waals surface area contributed by atoms with Crippen LogP contribution in [-0.2, 0) is 6.54 Å². The van der Waals surface area contributed by atoms with Crippen LogP contribution in [0.3, 0.4) is 0 Å². The average Bonchev–Trinajstić information content (AvgIpc) is 2.79. The molecule has 3 rings (SSSR count). The summed E-state index contributed by atoms with van der Waals surface area (Å²) in [4.78, 5) is 4.39. The van der Waals surface area contributed by atoms with Crippen molar-refractivity contribution in [3.63, 3.8) is 0 Å². The zero-order valence-corrected chi connectivity index (χ0v) is 12.0. The molecule has 6 nitrogen and oxygen atoms in total. The Hall–Kier alpha value is -2.51. The highest BCUT2D eigenvalue weighted by atomic mass is 16.6. The van der Waals surface area contributed by atoms with Gasteiger partial charge in [-0.05, 0) is 36.8 Å². The van der Waals surface area contributed by atoms with Crippen LogP contribution in [0.5, 0.6) is 11.5 Å². The van der Waals surface area contributed by atoms with E-state index in [0.717, 1.165) is 16.9 Å². The number of hydrogen-bond acceptors (Lipinski definition) is 5. The fourth-order valence-electron chi connectivity index (χ4n) is 2.43. The van der Waals surface area contributed by atoms with Crippen molar-refractivity contribution in [3.8, 4) is 11.5 Å². The molecule has 0 aliphatic heterocycles. The average molecular weight is 298 g/mol. The first-order chi connectivity index (χ1) is 10.5. The summed E-state index contributed by atoms with van der Waals surface area (Å²) in [5.41, 5.74) is 2.46. The standard InChI is InChI=1S/C15H15BN2O4/c1-10-17-15-13(3-2-4-14(15)19)18(10)9-11-5-7-12(8-6-11)22-16(20)21/h2-8,19-21H,9H2,1H3. The highest BCUT2D eigenvalue weighted by Crippen LogP contribution is 2.25. The van der Waals surface area contributed by atoms with Crippen LogP contribution in [0, 0.1) is 6.92 Å². The number of fused-ring (bicyclic) bond motifs is 1. The van der Waals surface area contributed by atoms with Gasteiger partial charge in [0, 0.05) is 6.54 Å². The number of benzene rings is 2. The van der Waals surface area contributed by atoms with E-state index in [1.807, 2.05) is 29.7 Å². The maximum Gasteiger partial charge on any atom is 0.707 e. The van der Waals surface area contributed by atoms with Gasteiger partial charge in [0.1, 0.15) is 22.8 Å². The molecule has 0 aliphatic rings. The predicted molar refractivity (Wildman–Crippen MR) is 82.5 cm³/mol. The number of aromatic nitrogens is 2. The molecule has 3 aromatic rings. The zero-order chi connectivity index (χ0) is 15.7. The number of hydrogen-bond donors (Lipinski definition) is 3. The smallest absolute Gasteiger partial charge is 0.512 e. The van der Waals surface area contributed by atoms with Gasteiger partial charge in [0.25, 0.3) is 0 Å². The van der Waals surface area contributed by atoms with Gasteiger partial charge in [0.2, 0.25) is 0 Å². The molecule has 0 aliphatic carbocycles. The van der Waals surface area contributed by atoms with E-state index in [0.29, 0.717) is 17.8 Å². The molecule has 112 valence electrons. The molecule has 0 spiro atoms. The van der Waals surface area contributed by atoms with E-state index in [-0.39, 0.29) is 5.75 Å². The number of aromatic hydroxyl groups is 1. The number of aryl methyl sites for hydroxylation is 1. The first-order valence-electron chi connectivity index (χ1n) is 6.81. The lowest BCUT2D eigenvalue weighted by Gasteiger charge is -2.09. The van der Waals surface area contributed by atoms with Crippen molar-refractivity contribution in [3.05, 3.63) is 53.9 Å². The van der Waals surface area contributed by atoms with Crippen LogP contribution in [0.1, 0.15) is 11.4 Å². The Morgan fingerprint density at radius 3 is 2.55 bits per heavy atom. The molecule has 0 bridgehead atoms. The van der Waals surface area contributed by atoms with Crippen LogP contribution in [0.2, 0.25) is 0 Å². The van der Waals surface area contributed by atoms with Crippen molar-refractivity contribution in [2.24, 2.45) is 0 Å². The lowest BCUT2D eigenvalue weighted by atomic mass is 10.2. The van der Waals surface area contributed by atoms with Crippen LogP contribution in [0.4, 0.5) is 0 Å². The second-order valence-corrected chi connectivity index (χ2v) is 4.98. The van der Waals surface area contributed by atoms with Crippen molar-refractivity contribution < 1.29 is 19.8 Å². The Balaban J connectivity index is 1.90. The molecule has 1 aromatic heterocycles. The van der Waals surface area contributed by atoms with Gasteiger partial charge >= 0.3 is 7.32 Å². The minimum absolute atomic E-state index is 0.167. The molecule has 0 saturated carbocycles. The van der Waals surface area contributed by atoms with Crippen LogP contribution in [-0.4, -0.2) is 32.0 Å². The van der Waals surface area contributed by atoms with Crippen molar-refractivity contribution in [1.29, 1.82) is 0 Å². The molecule has 7 heteroatoms. The number of phenolic OH excluding ortho intramolecular Hbond substituents is 1. The number of para-hydroxylation sites is 1. The minimum atomic E-state index is -1.83. The summed E-state index contributed by atoms with van der Waals surface area (Å²) in [6, 6.07) is 12.3. The van der Waals surface area contributed by atoms with E-state index in [1.54, 1.807) is 24.3 Å². The van der Waals surface area contributed by atoms with Gasteiger partial charge in [0.05, 0.1) is 5.52 Å². The van der Waals surface area contributed by atoms with Gasteiger partial charge in [-0.3, -0.25) is 0 Å². The third-order valence-corrected chi connectivity index (χ3v) is 3.45. The molecule has 2 aromatic carbocycles. The van der Waals surface area contributed by atoms with Gasteiger partial charge in [-0.25, -0.2) is 4.98 Å². The molecule has 22 heavy (non-hydrogen) atoms. The summed E-state index contributed by atoms with van der Waals surface area (Å²) >= 11 is 0. The van der Waals surface area contributed by atoms with Gasteiger partial charge in [-0.1, -0.05) is 18.2 Å². The summed E-state index contributed by atoms with van der Waals surface area (Å²) in [6.07, 6.45) is 0. The van der Waals surface area contributed by atoms with E-state index in [4.69, 9.17) is 14.7 Å². The van der Waals surface area contributed by atoms with Crippen LogP contribution in [0.25, 0.3) is 11.0 Å². The summed E-state index contributed by atoms with van der Waals surface area (Å²) in [6.45, 7) is 2.48. The maximum absolute atomic E-state index is 9.86. The monoisotopic (exact) mass is 298 g/mol. The molecule has 0 unspecified atom stereocenters. The number of imidazole rings is 1. The van der Waals surface area contributed by atoms with Gasteiger partial charge in [-0.15, -0.1) is 0 Å². The fourth-order valence-corrected chi connectivity index (χ4v) is 2.43. The predicted octanol–water partition coefficient (Wildman–Crippen LogP) is 1.45. The van der Waals surface area contributed by atoms with Crippen molar-refractivity contribution in [1.82, 2.24) is 9.55 Å². The largest absolute Gasteiger partial charge is 0.707 e. The lowest BCUT2D eigenvalue weighted by molar-refractivity contribution is 0.288. The summed E-state index contributed by atoms with van der Waals surface area (Å²) in [7, 11) is -1.83. The molecular weight excluding hydrogens is 283 g/mol. The summed E-state index contributed by atoms with van der Waals surface area (Å²) < 4.78 is 6.78. The zero-order valence-electron chi connectivity index (χ0n) is 12.0. The Morgan fingerprint density at radius 2 is 1.86 bits per heavy atom. The quantitative estimate of drug-likeness (QED) is 0.634. The fraction of sp³-hybridized carbons (Fsp3) is 0.133. The van der Waals surface area contributed by atoms with Crippen molar-refractivity contribution >= 4 is 18.4 Å². The van der Waals surface area contributed by atoms with Crippen LogP contribution in [0.15, 0.2) is 42.5 Å². The van der Waals surface area contributed by atoms with E-state index in [2.05, 4.69) is 4.98 Å². The van der Waals surface area contributed by atoms with Gasteiger partial charge in [0.15, 0.2) is 0 Å². The maximum atomic E-state index is 9.86. The third kappa shape index (κ3) is 2.76. The van der Waals surface area contributed by atoms with Crippen molar-refractivity contribution in [2.75, 3.05) is 0 Å². The first-order valence-corrected chi connectivity index (χ1v) is 6.81. The summed E-state index contributed by atoms with van der Waals surface area (Å²) in [5, 5.41) is 27.4. The van der Waals surface area contributed by atoms with E-state index in [1.165, 1.54) is 0 Å². The van der Waals surface area contributed by atoms with E-state index >= 15 is 0 Å². The number of nitrogens with zero attached hydrogens (tertiary/aromatic N) is 2. The second kappa shape index (κ2) is 5.71. The molecule has 0 saturated heterocycles. The van der Waals surface area contributed by atoms with E-state index < -0.39 is 7.32 Å². The number of phenols is 1. The molecule has 0 radical (unpaired) electrons. The van der Waals surface area contributed by atoms with E-state index in [9.17, 15) is 5.11 Å². The molecule has 0 amide bonds. The molecule has 3 N–H and O–H groups in total. The van der Waals surface area contributed by atoms with Crippen LogP contribution >= 0.6 is 0 Å². The van der Waals surface area contributed by atoms with Gasteiger partial charge < -0.3 is 24.4 Å². The molecule has 0 fully saturated rings. The topological polar surface area (TPSA) is 87.7 Å². The Bertz CT molecular complexity index is 799. The first kappa shape index (κ1) is 14.4. The SMILES string of the molecule is Cc1nc2c(O)cccc2n1Cc1ccc(OB(O)O)cc1. The lowest BCUT2D eigenvalue weighted by Crippen LogP contribution is -2.20. The third-order valence-electron chi connectivity index (χ3n) is 3.45. The van der Waals surface area contributed by atoms with Crippen molar-refractivity contribution in [2.45, 2.75) is 13.5 Å². The Kier molecular flexibility index (Phi) is 3.74. The summed E-state index contributed by atoms with van der Waals surface area (Å²) in [5.74, 6) is 1.35. The Labute approximate surface area is 127 Å². The Morgan fingerprint density at radius 1 is 1.14 bits per heavy atom. The molecule has 0 atom stereocenters. The van der Waals surface area contributed by atoms with Crippen LogP contribution < -0.4 is 4.65 Å².